The largest absolute Gasteiger partial charge is 0.472 e. The molecule has 1 amide bonds. The number of carbonyl (C=O) groups excluding carboxylic acids is 1. The van der Waals surface area contributed by atoms with Crippen LogP contribution in [0.15, 0.2) is 29.9 Å². The smallest absolute Gasteiger partial charge is 0.227 e. The molecular formula is C19H24N4O2S. The zero-order valence-corrected chi connectivity index (χ0v) is 15.7. The van der Waals surface area contributed by atoms with E-state index in [1.807, 2.05) is 28.5 Å². The van der Waals surface area contributed by atoms with Crippen molar-refractivity contribution >= 4 is 23.1 Å². The monoisotopic (exact) mass is 372 g/mol. The minimum absolute atomic E-state index is 0.00592. The molecule has 1 unspecified atom stereocenters. The second-order valence-electron chi connectivity index (χ2n) is 6.89. The van der Waals surface area contributed by atoms with Crippen LogP contribution in [0.1, 0.15) is 30.6 Å². The zero-order valence-electron chi connectivity index (χ0n) is 14.8. The first-order valence-corrected chi connectivity index (χ1v) is 10.2. The Kier molecular flexibility index (Phi) is 5.34. The Balaban J connectivity index is 1.32. The number of carbonyl (C=O) groups is 1. The van der Waals surface area contributed by atoms with Crippen LogP contribution >= 0.6 is 11.3 Å². The lowest BCUT2D eigenvalue weighted by atomic mass is 10.1. The summed E-state index contributed by atoms with van der Waals surface area (Å²) in [4.78, 5) is 26.4. The average molecular weight is 372 g/mol. The van der Waals surface area contributed by atoms with Crippen molar-refractivity contribution in [2.24, 2.45) is 0 Å². The topological polar surface area (TPSA) is 58.6 Å². The molecular weight excluding hydrogens is 348 g/mol. The van der Waals surface area contributed by atoms with E-state index in [2.05, 4.69) is 14.9 Å². The molecule has 0 N–H and O–H groups in total. The summed E-state index contributed by atoms with van der Waals surface area (Å²) < 4.78 is 6.05. The predicted molar refractivity (Wildman–Crippen MR) is 102 cm³/mol. The molecule has 0 aliphatic carbocycles. The highest BCUT2D eigenvalue weighted by atomic mass is 32.1. The summed E-state index contributed by atoms with van der Waals surface area (Å²) in [6, 6.07) is 5.93. The number of rotatable bonds is 5. The Morgan fingerprint density at radius 1 is 1.23 bits per heavy atom. The number of piperidine rings is 1. The van der Waals surface area contributed by atoms with Crippen LogP contribution in [0.3, 0.4) is 0 Å². The molecule has 0 radical (unpaired) electrons. The van der Waals surface area contributed by atoms with Crippen LogP contribution in [0.4, 0.5) is 5.82 Å². The van der Waals surface area contributed by atoms with Crippen molar-refractivity contribution in [1.82, 2.24) is 14.9 Å². The summed E-state index contributed by atoms with van der Waals surface area (Å²) in [5, 5.41) is 2.01. The van der Waals surface area contributed by atoms with Crippen LogP contribution in [-0.4, -0.2) is 53.1 Å². The van der Waals surface area contributed by atoms with Gasteiger partial charge in [0, 0.05) is 37.0 Å². The third-order valence-corrected chi connectivity index (χ3v) is 5.87. The summed E-state index contributed by atoms with van der Waals surface area (Å²) in [7, 11) is 0. The Morgan fingerprint density at radius 3 is 2.92 bits per heavy atom. The number of nitrogens with zero attached hydrogens (tertiary/aromatic N) is 4. The minimum Gasteiger partial charge on any atom is -0.472 e. The van der Waals surface area contributed by atoms with Gasteiger partial charge in [-0.15, -0.1) is 11.3 Å². The molecule has 4 rings (SSSR count). The van der Waals surface area contributed by atoms with E-state index in [1.165, 1.54) is 19.3 Å². The third kappa shape index (κ3) is 4.15. The molecule has 2 saturated heterocycles. The van der Waals surface area contributed by atoms with Gasteiger partial charge >= 0.3 is 0 Å². The fourth-order valence-corrected chi connectivity index (χ4v) is 4.28. The highest BCUT2D eigenvalue weighted by Gasteiger charge is 2.28. The highest BCUT2D eigenvalue weighted by molar-refractivity contribution is 7.10. The predicted octanol–water partition coefficient (Wildman–Crippen LogP) is 2.75. The molecule has 2 fully saturated rings. The molecule has 4 heterocycles. The molecule has 2 aliphatic heterocycles. The van der Waals surface area contributed by atoms with E-state index < -0.39 is 0 Å². The second-order valence-corrected chi connectivity index (χ2v) is 7.92. The van der Waals surface area contributed by atoms with Gasteiger partial charge in [0.05, 0.1) is 13.0 Å². The van der Waals surface area contributed by atoms with E-state index >= 15 is 0 Å². The molecule has 0 bridgehead atoms. The van der Waals surface area contributed by atoms with Gasteiger partial charge in [-0.3, -0.25) is 4.79 Å². The van der Waals surface area contributed by atoms with Crippen molar-refractivity contribution in [1.29, 1.82) is 0 Å². The van der Waals surface area contributed by atoms with Gasteiger partial charge in [0.15, 0.2) is 0 Å². The van der Waals surface area contributed by atoms with Crippen molar-refractivity contribution in [3.63, 3.8) is 0 Å². The number of thiophene rings is 1. The van der Waals surface area contributed by atoms with Crippen LogP contribution < -0.4 is 9.64 Å². The van der Waals surface area contributed by atoms with E-state index in [0.717, 1.165) is 36.8 Å². The molecule has 7 heteroatoms. The normalized spacial score (nSPS) is 20.4. The lowest BCUT2D eigenvalue weighted by Gasteiger charge is -2.27. The van der Waals surface area contributed by atoms with Crippen LogP contribution in [0.2, 0.25) is 0 Å². The molecule has 0 spiro atoms. The lowest BCUT2D eigenvalue weighted by Crippen LogP contribution is -2.32. The van der Waals surface area contributed by atoms with Crippen LogP contribution in [0.25, 0.3) is 0 Å². The number of hydrogen-bond acceptors (Lipinski definition) is 6. The van der Waals surface area contributed by atoms with Crippen molar-refractivity contribution in [3.05, 3.63) is 34.8 Å². The maximum atomic E-state index is 12.4. The number of anilines is 1. The van der Waals surface area contributed by atoms with Gasteiger partial charge in [-0.05, 0) is 30.7 Å². The van der Waals surface area contributed by atoms with Gasteiger partial charge in [-0.1, -0.05) is 6.07 Å². The van der Waals surface area contributed by atoms with Gasteiger partial charge in [-0.2, -0.15) is 0 Å². The number of amides is 1. The molecule has 2 aliphatic rings. The highest BCUT2D eigenvalue weighted by Crippen LogP contribution is 2.23. The molecule has 2 aromatic heterocycles. The summed E-state index contributed by atoms with van der Waals surface area (Å²) >= 11 is 1.63. The molecule has 0 aromatic carbocycles. The van der Waals surface area contributed by atoms with Crippen molar-refractivity contribution in [2.45, 2.75) is 38.2 Å². The Labute approximate surface area is 157 Å². The van der Waals surface area contributed by atoms with Crippen LogP contribution in [0.5, 0.6) is 5.88 Å². The van der Waals surface area contributed by atoms with E-state index in [0.29, 0.717) is 18.8 Å². The molecule has 2 aromatic rings. The number of aromatic nitrogens is 2. The standard InChI is InChI=1S/C19H24N4O2S/c24-19(11-16-5-4-10-26-16)23-9-6-15(13-23)25-18-12-17(20-14-21-18)22-7-2-1-3-8-22/h4-5,10,12,14-15H,1-3,6-9,11,13H2. The maximum absolute atomic E-state index is 12.4. The molecule has 26 heavy (non-hydrogen) atoms. The first-order valence-electron chi connectivity index (χ1n) is 9.32. The third-order valence-electron chi connectivity index (χ3n) is 5.00. The number of likely N-dealkylation sites (tertiary alicyclic amines) is 1. The summed E-state index contributed by atoms with van der Waals surface area (Å²) in [5.74, 6) is 1.73. The minimum atomic E-state index is 0.00592. The van der Waals surface area contributed by atoms with Crippen molar-refractivity contribution < 1.29 is 9.53 Å². The van der Waals surface area contributed by atoms with Crippen molar-refractivity contribution in [2.75, 3.05) is 31.1 Å². The fraction of sp³-hybridized carbons (Fsp3) is 0.526. The Bertz CT molecular complexity index is 731. The van der Waals surface area contributed by atoms with Gasteiger partial charge in [0.25, 0.3) is 0 Å². The molecule has 6 nitrogen and oxygen atoms in total. The molecule has 138 valence electrons. The summed E-state index contributed by atoms with van der Waals surface area (Å²) in [6.45, 7) is 3.47. The van der Waals surface area contributed by atoms with Gasteiger partial charge in [-0.25, -0.2) is 9.97 Å². The lowest BCUT2D eigenvalue weighted by molar-refractivity contribution is -0.129. The molecule has 0 saturated carbocycles. The average Bonchev–Trinajstić information content (AvgIpc) is 3.35. The second kappa shape index (κ2) is 8.03. The Hall–Kier alpha value is -2.15. The van der Waals surface area contributed by atoms with Gasteiger partial charge in [0.1, 0.15) is 18.2 Å². The quantitative estimate of drug-likeness (QED) is 0.808. The molecule has 1 atom stereocenters. The zero-order chi connectivity index (χ0) is 17.8. The van der Waals surface area contributed by atoms with E-state index in [4.69, 9.17) is 4.74 Å². The Morgan fingerprint density at radius 2 is 2.12 bits per heavy atom. The number of hydrogen-bond donors (Lipinski definition) is 0. The first kappa shape index (κ1) is 17.3. The van der Waals surface area contributed by atoms with Gasteiger partial charge < -0.3 is 14.5 Å². The first-order chi connectivity index (χ1) is 12.8. The SMILES string of the molecule is O=C(Cc1cccs1)N1CCC(Oc2cc(N3CCCCC3)ncn2)C1. The number of ether oxygens (including phenoxy) is 1. The van der Waals surface area contributed by atoms with Crippen molar-refractivity contribution in [3.8, 4) is 5.88 Å². The summed E-state index contributed by atoms with van der Waals surface area (Å²) in [6.07, 6.45) is 6.63. The van der Waals surface area contributed by atoms with Crippen LogP contribution in [-0.2, 0) is 11.2 Å². The fourth-order valence-electron chi connectivity index (χ4n) is 3.59. The van der Waals surface area contributed by atoms with E-state index in [-0.39, 0.29) is 12.0 Å². The van der Waals surface area contributed by atoms with Gasteiger partial charge in [0.2, 0.25) is 11.8 Å². The van der Waals surface area contributed by atoms with E-state index in [9.17, 15) is 4.79 Å². The van der Waals surface area contributed by atoms with E-state index in [1.54, 1.807) is 17.7 Å². The van der Waals surface area contributed by atoms with Crippen LogP contribution in [0, 0.1) is 0 Å². The summed E-state index contributed by atoms with van der Waals surface area (Å²) in [5.41, 5.74) is 0. The maximum Gasteiger partial charge on any atom is 0.227 e.